The number of aliphatic imine (C=N–C) groups is 1. The fraction of sp³-hybridized carbons (Fsp3) is 0. The highest BCUT2D eigenvalue weighted by Gasteiger charge is 2.30. The van der Waals surface area contributed by atoms with Gasteiger partial charge in [0.1, 0.15) is 5.71 Å². The summed E-state index contributed by atoms with van der Waals surface area (Å²) in [5, 5.41) is 11.2. The van der Waals surface area contributed by atoms with Crippen molar-refractivity contribution in [3.63, 3.8) is 0 Å². The Morgan fingerprint density at radius 1 is 1.14 bits per heavy atom. The maximum atomic E-state index is 12.6. The largest absolute Gasteiger partial charge is 0.499 e. The third-order valence-corrected chi connectivity index (χ3v) is 4.93. The summed E-state index contributed by atoms with van der Waals surface area (Å²) in [4.78, 5) is 17.0. The van der Waals surface area contributed by atoms with Crippen molar-refractivity contribution in [1.82, 2.24) is 0 Å². The number of halogens is 1. The van der Waals surface area contributed by atoms with E-state index in [1.54, 1.807) is 12.1 Å². The van der Waals surface area contributed by atoms with E-state index >= 15 is 0 Å². The van der Waals surface area contributed by atoms with Crippen LogP contribution in [0.4, 0.5) is 5.69 Å². The fourth-order valence-electron chi connectivity index (χ4n) is 2.52. The Morgan fingerprint density at radius 2 is 1.95 bits per heavy atom. The smallest absolute Gasteiger partial charge is 0.214 e. The van der Waals surface area contributed by atoms with Gasteiger partial charge in [-0.1, -0.05) is 45.5 Å². The summed E-state index contributed by atoms with van der Waals surface area (Å²) < 4.78 is 1.78. The van der Waals surface area contributed by atoms with E-state index in [1.807, 2.05) is 30.3 Å². The van der Waals surface area contributed by atoms with Gasteiger partial charge in [0.25, 0.3) is 0 Å². The Bertz CT molecular complexity index is 943. The Hall–Kier alpha value is -1.98. The number of carbonyl (C=O) groups is 1. The van der Waals surface area contributed by atoms with Crippen LogP contribution in [-0.4, -0.2) is 16.6 Å². The van der Waals surface area contributed by atoms with E-state index in [0.29, 0.717) is 22.5 Å². The van der Waals surface area contributed by atoms with Crippen molar-refractivity contribution in [2.45, 2.75) is 0 Å². The minimum absolute atomic E-state index is 0.134. The summed E-state index contributed by atoms with van der Waals surface area (Å²) in [7, 11) is 0. The first kappa shape index (κ1) is 12.7. The molecular formula is C16H8BrNO2S. The van der Waals surface area contributed by atoms with Crippen molar-refractivity contribution in [3.8, 4) is 5.06 Å². The minimum Gasteiger partial charge on any atom is -0.499 e. The van der Waals surface area contributed by atoms with Gasteiger partial charge in [-0.05, 0) is 24.3 Å². The summed E-state index contributed by atoms with van der Waals surface area (Å²) in [6.07, 6.45) is 0. The van der Waals surface area contributed by atoms with Crippen molar-refractivity contribution in [2.24, 2.45) is 4.99 Å². The lowest BCUT2D eigenvalue weighted by atomic mass is 10.0. The SMILES string of the molecule is O=C1C(c2c(O)sc3ccccc23)=Nc2ccc(Br)cc21. The lowest BCUT2D eigenvalue weighted by molar-refractivity contribution is 0.107. The van der Waals surface area contributed by atoms with Crippen LogP contribution in [-0.2, 0) is 0 Å². The zero-order chi connectivity index (χ0) is 14.6. The van der Waals surface area contributed by atoms with Gasteiger partial charge in [-0.3, -0.25) is 4.79 Å². The zero-order valence-corrected chi connectivity index (χ0v) is 13.0. The van der Waals surface area contributed by atoms with E-state index in [1.165, 1.54) is 11.3 Å². The Balaban J connectivity index is 1.96. The number of nitrogens with zero attached hydrogens (tertiary/aromatic N) is 1. The molecule has 0 bridgehead atoms. The number of fused-ring (bicyclic) bond motifs is 2. The highest BCUT2D eigenvalue weighted by atomic mass is 79.9. The summed E-state index contributed by atoms with van der Waals surface area (Å²) in [6.45, 7) is 0. The standard InChI is InChI=1S/C16H8BrNO2S/c17-8-5-6-11-10(7-8)15(19)14(18-11)13-9-3-1-2-4-12(9)21-16(13)20/h1-7,20H. The molecule has 0 fully saturated rings. The van der Waals surface area contributed by atoms with Crippen LogP contribution in [0, 0.1) is 0 Å². The lowest BCUT2D eigenvalue weighted by Crippen LogP contribution is -2.10. The molecule has 21 heavy (non-hydrogen) atoms. The summed E-state index contributed by atoms with van der Waals surface area (Å²) in [5.41, 5.74) is 2.06. The van der Waals surface area contributed by atoms with E-state index in [-0.39, 0.29) is 10.8 Å². The van der Waals surface area contributed by atoms with E-state index in [0.717, 1.165) is 14.6 Å². The molecule has 3 nitrogen and oxygen atoms in total. The second kappa shape index (κ2) is 4.51. The quantitative estimate of drug-likeness (QED) is 0.686. The van der Waals surface area contributed by atoms with Crippen molar-refractivity contribution < 1.29 is 9.90 Å². The van der Waals surface area contributed by atoms with E-state index in [2.05, 4.69) is 20.9 Å². The molecule has 2 aromatic carbocycles. The maximum Gasteiger partial charge on any atom is 0.214 e. The predicted molar refractivity (Wildman–Crippen MR) is 88.2 cm³/mol. The second-order valence-corrected chi connectivity index (χ2v) is 6.68. The van der Waals surface area contributed by atoms with Crippen molar-refractivity contribution in [3.05, 3.63) is 58.1 Å². The average molecular weight is 358 g/mol. The molecule has 5 heteroatoms. The van der Waals surface area contributed by atoms with Crippen molar-refractivity contribution in [2.75, 3.05) is 0 Å². The van der Waals surface area contributed by atoms with Crippen LogP contribution in [0.1, 0.15) is 15.9 Å². The molecule has 1 aliphatic rings. The molecule has 0 radical (unpaired) electrons. The molecular weight excluding hydrogens is 350 g/mol. The van der Waals surface area contributed by atoms with Crippen molar-refractivity contribution in [1.29, 1.82) is 0 Å². The van der Waals surface area contributed by atoms with Gasteiger partial charge in [0, 0.05) is 14.6 Å². The third kappa shape index (κ3) is 1.85. The van der Waals surface area contributed by atoms with Gasteiger partial charge >= 0.3 is 0 Å². The van der Waals surface area contributed by atoms with Gasteiger partial charge in [0.05, 0.1) is 16.8 Å². The number of rotatable bonds is 1. The number of Topliss-reactive ketones (excluding diaryl/α,β-unsaturated/α-hetero) is 1. The molecule has 1 aromatic heterocycles. The second-order valence-electron chi connectivity index (χ2n) is 4.73. The molecule has 0 saturated heterocycles. The van der Waals surface area contributed by atoms with Gasteiger partial charge in [-0.15, -0.1) is 0 Å². The topological polar surface area (TPSA) is 49.7 Å². The van der Waals surface area contributed by atoms with Gasteiger partial charge in [0.15, 0.2) is 5.06 Å². The van der Waals surface area contributed by atoms with Gasteiger partial charge in [0.2, 0.25) is 5.78 Å². The lowest BCUT2D eigenvalue weighted by Gasteiger charge is -1.99. The van der Waals surface area contributed by atoms with Gasteiger partial charge < -0.3 is 5.11 Å². The Labute approximate surface area is 132 Å². The number of aromatic hydroxyl groups is 1. The summed E-state index contributed by atoms with van der Waals surface area (Å²) in [6, 6.07) is 13.0. The maximum absolute atomic E-state index is 12.6. The molecule has 0 atom stereocenters. The monoisotopic (exact) mass is 357 g/mol. The number of carbonyl (C=O) groups excluding carboxylic acids is 1. The molecule has 1 N–H and O–H groups in total. The van der Waals surface area contributed by atoms with Crippen LogP contribution >= 0.6 is 27.3 Å². The van der Waals surface area contributed by atoms with Crippen LogP contribution in [0.15, 0.2) is 51.9 Å². The van der Waals surface area contributed by atoms with Crippen LogP contribution in [0.2, 0.25) is 0 Å². The molecule has 0 aliphatic carbocycles. The van der Waals surface area contributed by atoms with E-state index < -0.39 is 0 Å². The van der Waals surface area contributed by atoms with Gasteiger partial charge in [-0.2, -0.15) is 0 Å². The highest BCUT2D eigenvalue weighted by Crippen LogP contribution is 2.40. The van der Waals surface area contributed by atoms with Crippen molar-refractivity contribution >= 4 is 54.5 Å². The number of hydrogen-bond donors (Lipinski definition) is 1. The Morgan fingerprint density at radius 3 is 2.81 bits per heavy atom. The summed E-state index contributed by atoms with van der Waals surface area (Å²) >= 11 is 4.63. The number of thiophene rings is 1. The predicted octanol–water partition coefficient (Wildman–Crippen LogP) is 4.69. The molecule has 2 heterocycles. The molecule has 0 spiro atoms. The first-order valence-corrected chi connectivity index (χ1v) is 7.90. The molecule has 0 unspecified atom stereocenters. The molecule has 1 aliphatic heterocycles. The molecule has 0 saturated carbocycles. The number of benzene rings is 2. The van der Waals surface area contributed by atoms with Crippen LogP contribution in [0.3, 0.4) is 0 Å². The normalized spacial score (nSPS) is 13.6. The van der Waals surface area contributed by atoms with Crippen LogP contribution in [0.25, 0.3) is 10.1 Å². The molecule has 3 aromatic rings. The van der Waals surface area contributed by atoms with Crippen LogP contribution in [0.5, 0.6) is 5.06 Å². The van der Waals surface area contributed by atoms with E-state index in [9.17, 15) is 9.90 Å². The number of ketones is 1. The average Bonchev–Trinajstić information content (AvgIpc) is 2.96. The molecule has 4 rings (SSSR count). The molecule has 0 amide bonds. The highest BCUT2D eigenvalue weighted by molar-refractivity contribution is 9.10. The van der Waals surface area contributed by atoms with Gasteiger partial charge in [-0.25, -0.2) is 4.99 Å². The summed E-state index contributed by atoms with van der Waals surface area (Å²) in [5.74, 6) is -0.148. The number of hydrogen-bond acceptors (Lipinski definition) is 4. The first-order valence-electron chi connectivity index (χ1n) is 6.29. The Kier molecular flexibility index (Phi) is 2.74. The zero-order valence-electron chi connectivity index (χ0n) is 10.6. The first-order chi connectivity index (χ1) is 10.1. The van der Waals surface area contributed by atoms with E-state index in [4.69, 9.17) is 0 Å². The minimum atomic E-state index is -0.148. The van der Waals surface area contributed by atoms with Crippen LogP contribution < -0.4 is 0 Å². The molecule has 102 valence electrons. The third-order valence-electron chi connectivity index (χ3n) is 3.46. The fourth-order valence-corrected chi connectivity index (χ4v) is 3.82.